The Kier molecular flexibility index (Phi) is 18.5. The molecule has 8 nitrogen and oxygen atoms in total. The smallest absolute Gasteiger partial charge is 0.869 e. The minimum Gasteiger partial charge on any atom is -0.869 e. The van der Waals surface area contributed by atoms with Crippen molar-refractivity contribution in [1.82, 2.24) is 18.4 Å². The van der Waals surface area contributed by atoms with Crippen LogP contribution in [0.5, 0.6) is 0 Å². The van der Waals surface area contributed by atoms with E-state index in [-0.39, 0.29) is 17.1 Å². The number of rotatable bonds is 2. The Balaban J connectivity index is -0.000000463. The molecule has 2 rings (SSSR count). The number of aromatic nitrogens is 4. The van der Waals surface area contributed by atoms with Gasteiger partial charge in [-0.15, -0.1) is 0 Å². The molecule has 0 aliphatic carbocycles. The molecule has 0 N–H and O–H groups in total. The van der Waals surface area contributed by atoms with Gasteiger partial charge in [0.25, 0.3) is 11.6 Å². The van der Waals surface area contributed by atoms with E-state index in [0.717, 1.165) is 11.4 Å². The zero-order valence-electron chi connectivity index (χ0n) is 18.4. The summed E-state index contributed by atoms with van der Waals surface area (Å²) >= 11 is 0.675. The van der Waals surface area contributed by atoms with Gasteiger partial charge in [0.05, 0.1) is 0 Å². The second-order valence-electron chi connectivity index (χ2n) is 5.83. The molecule has 0 fully saturated rings. The minimum absolute atomic E-state index is 0. The van der Waals surface area contributed by atoms with Gasteiger partial charge >= 0.3 is 125 Å². The van der Waals surface area contributed by atoms with Gasteiger partial charge < -0.3 is 10.2 Å². The zero-order valence-corrected chi connectivity index (χ0v) is 22.8. The summed E-state index contributed by atoms with van der Waals surface area (Å²) < 4.78 is 143. The van der Waals surface area contributed by atoms with Gasteiger partial charge in [0.1, 0.15) is 0 Å². The predicted molar refractivity (Wildman–Crippen MR) is 97.8 cm³/mol. The number of halogens is 12. The second kappa shape index (κ2) is 17.5. The van der Waals surface area contributed by atoms with E-state index in [4.69, 9.17) is 0 Å². The minimum atomic E-state index is -5.46. The van der Waals surface area contributed by atoms with Crippen LogP contribution >= 0.6 is 0 Å². The molecule has 0 aliphatic rings. The number of hydrogen-bond donors (Lipinski definition) is 0. The molecule has 225 valence electrons. The summed E-state index contributed by atoms with van der Waals surface area (Å²) in [7, 11) is 0. The molecule has 39 heavy (non-hydrogen) atoms. The molecule has 0 unspecified atom stereocenters. The van der Waals surface area contributed by atoms with Crippen LogP contribution in [0.4, 0.5) is 52.7 Å². The van der Waals surface area contributed by atoms with Gasteiger partial charge in [-0.05, 0) is 23.7 Å². The first-order valence-corrected chi connectivity index (χ1v) is 12.0. The summed E-state index contributed by atoms with van der Waals surface area (Å²) in [4.78, 5) is 23.7. The Morgan fingerprint density at radius 2 is 0.897 bits per heavy atom. The molecule has 0 bridgehead atoms. The Morgan fingerprint density at radius 3 is 1.00 bits per heavy atom. The van der Waals surface area contributed by atoms with Gasteiger partial charge in [0.2, 0.25) is 0 Å². The maximum atomic E-state index is 11.3. The van der Waals surface area contributed by atoms with Crippen molar-refractivity contribution in [2.75, 3.05) is 0 Å². The normalized spacial score (nSPS) is 12.4. The second-order valence-corrected chi connectivity index (χ2v) is 8.39. The van der Waals surface area contributed by atoms with E-state index in [9.17, 15) is 72.5 Å². The topological polar surface area (TPSA) is 132 Å². The Morgan fingerprint density at radius 1 is 0.641 bits per heavy atom. The maximum Gasteiger partial charge on any atom is 2.00 e. The number of alkyl halides is 12. The van der Waals surface area contributed by atoms with Crippen LogP contribution in [0.3, 0.4) is 0 Å². The van der Waals surface area contributed by atoms with Crippen molar-refractivity contribution in [3.8, 4) is 0 Å². The number of ketones is 2. The molecular formula is C16H10CuF12N4O4Se2. The molecule has 0 aliphatic heterocycles. The van der Waals surface area contributed by atoms with Gasteiger partial charge in [-0.25, -0.2) is 0 Å². The molecule has 1 radical (unpaired) electrons. The fourth-order valence-electron chi connectivity index (χ4n) is 0.988. The average Bonchev–Trinajstić information content (AvgIpc) is 3.39. The zero-order chi connectivity index (χ0) is 30.5. The van der Waals surface area contributed by atoms with Crippen LogP contribution in [0.15, 0.2) is 33.6 Å². The fraction of sp³-hybridized carbons (Fsp3) is 0.375. The van der Waals surface area contributed by atoms with Crippen LogP contribution in [0, 0.1) is 13.8 Å². The van der Waals surface area contributed by atoms with Crippen molar-refractivity contribution in [3.05, 3.63) is 44.9 Å². The van der Waals surface area contributed by atoms with Crippen molar-refractivity contribution < 1.29 is 89.6 Å². The molecular weight excluding hydrogens is 762 g/mol. The number of allylic oxidation sites excluding steroid dienone is 4. The molecule has 2 aromatic rings. The third kappa shape index (κ3) is 21.3. The first kappa shape index (κ1) is 41.3. The van der Waals surface area contributed by atoms with Gasteiger partial charge in [0.15, 0.2) is 0 Å². The number of nitrogens with zero attached hydrogens (tertiary/aromatic N) is 4. The SMILES string of the molecule is Cc1c[se]nn1.Cc1c[se]nn1.O=C(/C=C(\[O-])C(F)(F)F)C(F)(F)F.O=C(/C=C(\[O-])C(F)(F)F)C(F)(F)F.[Cu+2]. The van der Waals surface area contributed by atoms with Crippen LogP contribution in [-0.2, 0) is 26.7 Å². The molecule has 0 spiro atoms. The Bertz CT molecular complexity index is 965. The van der Waals surface area contributed by atoms with Crippen molar-refractivity contribution >= 4 is 41.0 Å². The van der Waals surface area contributed by atoms with Crippen LogP contribution in [-0.4, -0.2) is 84.1 Å². The van der Waals surface area contributed by atoms with E-state index < -0.39 is 59.9 Å². The first-order chi connectivity index (χ1) is 16.9. The summed E-state index contributed by atoms with van der Waals surface area (Å²) in [6, 6.07) is 0. The van der Waals surface area contributed by atoms with Gasteiger partial charge in [-0.2, -0.15) is 52.7 Å². The summed E-state index contributed by atoms with van der Waals surface area (Å²) in [5.41, 5.74) is 2.13. The Hall–Kier alpha value is -2.18. The standard InChI is InChI=1S/2C5H2F6O2.2C3H4N2Se.Cu/c2*6-4(7,8)2(12)1-3(13)5(9,10)11;2*1-3-2-6-5-4-3;/h2*1,12H;2*2H,1H3;/q;;;;+2/p-2/b2*2-1-;;;. The third-order valence-electron chi connectivity index (χ3n) is 2.58. The van der Waals surface area contributed by atoms with Gasteiger partial charge in [-0.3, -0.25) is 9.59 Å². The number of hydrogen-bond acceptors (Lipinski definition) is 8. The van der Waals surface area contributed by atoms with Crippen molar-refractivity contribution in [1.29, 1.82) is 0 Å². The van der Waals surface area contributed by atoms with Crippen LogP contribution in [0.25, 0.3) is 0 Å². The molecule has 23 heteroatoms. The number of carbonyl (C=O) groups excluding carboxylic acids is 2. The molecule has 0 amide bonds. The largest absolute Gasteiger partial charge is 2.00 e. The number of carbonyl (C=O) groups is 2. The Labute approximate surface area is 232 Å². The van der Waals surface area contributed by atoms with Gasteiger partial charge in [-0.1, -0.05) is 0 Å². The van der Waals surface area contributed by atoms with E-state index in [0.29, 0.717) is 29.5 Å². The van der Waals surface area contributed by atoms with E-state index in [1.807, 2.05) is 23.7 Å². The fourth-order valence-corrected chi connectivity index (χ4v) is 2.76. The quantitative estimate of drug-likeness (QED) is 0.195. The van der Waals surface area contributed by atoms with Gasteiger partial charge in [0, 0.05) is 0 Å². The van der Waals surface area contributed by atoms with E-state index >= 15 is 0 Å². The first-order valence-electron chi connectivity index (χ1n) is 8.50. The third-order valence-corrected chi connectivity index (χ3v) is 5.19. The molecule has 2 aromatic heterocycles. The maximum absolute atomic E-state index is 11.3. The molecule has 0 aromatic carbocycles. The molecule has 0 saturated heterocycles. The van der Waals surface area contributed by atoms with E-state index in [1.165, 1.54) is 0 Å². The van der Waals surface area contributed by atoms with E-state index in [2.05, 4.69) is 18.4 Å². The molecule has 0 saturated carbocycles. The average molecular weight is 772 g/mol. The van der Waals surface area contributed by atoms with Crippen molar-refractivity contribution in [3.63, 3.8) is 0 Å². The summed E-state index contributed by atoms with van der Waals surface area (Å²) in [6.45, 7) is 3.91. The number of aryl methyl sites for hydroxylation is 2. The molecule has 0 atom stereocenters. The summed E-state index contributed by atoms with van der Waals surface area (Å²) in [6.07, 6.45) is -23.9. The van der Waals surface area contributed by atoms with Crippen LogP contribution in [0.1, 0.15) is 11.4 Å². The van der Waals surface area contributed by atoms with Crippen molar-refractivity contribution in [2.24, 2.45) is 0 Å². The van der Waals surface area contributed by atoms with Crippen molar-refractivity contribution in [2.45, 2.75) is 38.6 Å². The van der Waals surface area contributed by atoms with E-state index in [1.54, 1.807) is 0 Å². The summed E-state index contributed by atoms with van der Waals surface area (Å²) in [5.74, 6) is -11.3. The summed E-state index contributed by atoms with van der Waals surface area (Å²) in [5, 5.41) is 27.1. The monoisotopic (exact) mass is 773 g/mol. The predicted octanol–water partition coefficient (Wildman–Crippen LogP) is 1.53. The molecule has 2 heterocycles. The van der Waals surface area contributed by atoms with Crippen LogP contribution in [0.2, 0.25) is 0 Å². The van der Waals surface area contributed by atoms with Crippen LogP contribution < -0.4 is 10.2 Å².